The quantitative estimate of drug-likeness (QED) is 0.600. The zero-order valence-corrected chi connectivity index (χ0v) is 11.5. The van der Waals surface area contributed by atoms with Crippen LogP contribution in [0.15, 0.2) is 42.5 Å². The third-order valence-corrected chi connectivity index (χ3v) is 3.25. The molecule has 2 aromatic rings. The first kappa shape index (κ1) is 13.4. The molecule has 0 heterocycles. The van der Waals surface area contributed by atoms with Crippen molar-refractivity contribution in [3.8, 4) is 11.5 Å². The van der Waals surface area contributed by atoms with Crippen LogP contribution in [0.4, 0.5) is 5.69 Å². The lowest BCUT2D eigenvalue weighted by atomic mass is 10.1. The zero-order valence-electron chi connectivity index (χ0n) is 9.93. The monoisotopic (exact) mass is 321 g/mol. The normalized spacial score (nSPS) is 10.2. The second-order valence-electron chi connectivity index (χ2n) is 3.96. The fraction of sp³-hybridized carbons (Fsp3) is 0.0714. The average Bonchev–Trinajstić information content (AvgIpc) is 2.42. The largest absolute Gasteiger partial charge is 0.504 e. The van der Waals surface area contributed by atoms with E-state index in [1.807, 2.05) is 18.2 Å². The molecule has 0 atom stereocenters. The molecule has 0 aliphatic heterocycles. The van der Waals surface area contributed by atoms with Gasteiger partial charge in [-0.3, -0.25) is 4.79 Å². The maximum Gasteiger partial charge on any atom is 0.259 e. The summed E-state index contributed by atoms with van der Waals surface area (Å²) in [5.74, 6) is -1.21. The van der Waals surface area contributed by atoms with Gasteiger partial charge >= 0.3 is 0 Å². The van der Waals surface area contributed by atoms with Crippen LogP contribution in [0.1, 0.15) is 15.9 Å². The number of anilines is 1. The van der Waals surface area contributed by atoms with E-state index in [1.165, 1.54) is 18.2 Å². The van der Waals surface area contributed by atoms with Crippen molar-refractivity contribution < 1.29 is 15.0 Å². The van der Waals surface area contributed by atoms with E-state index in [0.717, 1.165) is 5.56 Å². The smallest absolute Gasteiger partial charge is 0.259 e. The van der Waals surface area contributed by atoms with Crippen molar-refractivity contribution in [1.29, 1.82) is 0 Å². The number of rotatable bonds is 3. The Kier molecular flexibility index (Phi) is 4.06. The molecule has 4 nitrogen and oxygen atoms in total. The molecule has 2 aromatic carbocycles. The molecule has 0 aromatic heterocycles. The van der Waals surface area contributed by atoms with Gasteiger partial charge in [-0.05, 0) is 29.8 Å². The van der Waals surface area contributed by atoms with Crippen molar-refractivity contribution in [2.45, 2.75) is 5.33 Å². The van der Waals surface area contributed by atoms with E-state index in [1.54, 1.807) is 6.07 Å². The lowest BCUT2D eigenvalue weighted by molar-refractivity contribution is 0.102. The van der Waals surface area contributed by atoms with Crippen molar-refractivity contribution in [2.24, 2.45) is 0 Å². The van der Waals surface area contributed by atoms with Gasteiger partial charge in [0.1, 0.15) is 0 Å². The number of carbonyl (C=O) groups excluding carboxylic acids is 1. The molecule has 0 saturated carbocycles. The number of phenolic OH excluding ortho intramolecular Hbond substituents is 2. The Morgan fingerprint density at radius 2 is 1.89 bits per heavy atom. The van der Waals surface area contributed by atoms with Crippen LogP contribution in [0, 0.1) is 0 Å². The summed E-state index contributed by atoms with van der Waals surface area (Å²) in [5, 5.41) is 22.3. The summed E-state index contributed by atoms with van der Waals surface area (Å²) in [7, 11) is 0. The van der Waals surface area contributed by atoms with E-state index in [9.17, 15) is 15.0 Å². The molecule has 3 N–H and O–H groups in total. The topological polar surface area (TPSA) is 69.6 Å². The first-order chi connectivity index (χ1) is 9.11. The van der Waals surface area contributed by atoms with Gasteiger partial charge in [0.2, 0.25) is 0 Å². The Hall–Kier alpha value is -2.01. The van der Waals surface area contributed by atoms with Crippen LogP contribution in [0.2, 0.25) is 0 Å². The molecule has 98 valence electrons. The molecule has 0 unspecified atom stereocenters. The molecular weight excluding hydrogens is 310 g/mol. The zero-order chi connectivity index (χ0) is 13.8. The number of halogens is 1. The van der Waals surface area contributed by atoms with Crippen LogP contribution in [-0.4, -0.2) is 16.1 Å². The maximum atomic E-state index is 12.0. The van der Waals surface area contributed by atoms with Gasteiger partial charge in [-0.1, -0.05) is 34.1 Å². The number of hydrogen-bond donors (Lipinski definition) is 3. The summed E-state index contributed by atoms with van der Waals surface area (Å²) >= 11 is 3.34. The number of carbonyl (C=O) groups is 1. The highest BCUT2D eigenvalue weighted by Gasteiger charge is 2.13. The third-order valence-electron chi connectivity index (χ3n) is 2.60. The molecule has 2 rings (SSSR count). The van der Waals surface area contributed by atoms with Crippen LogP contribution in [0.3, 0.4) is 0 Å². The van der Waals surface area contributed by atoms with Crippen molar-refractivity contribution in [2.75, 3.05) is 5.32 Å². The van der Waals surface area contributed by atoms with Crippen molar-refractivity contribution in [3.63, 3.8) is 0 Å². The highest BCUT2D eigenvalue weighted by Crippen LogP contribution is 2.28. The molecule has 0 saturated heterocycles. The molecule has 0 spiro atoms. The van der Waals surface area contributed by atoms with E-state index in [0.29, 0.717) is 11.0 Å². The van der Waals surface area contributed by atoms with Gasteiger partial charge in [0.15, 0.2) is 11.5 Å². The molecular formula is C14H12BrNO3. The van der Waals surface area contributed by atoms with Gasteiger partial charge in [0.25, 0.3) is 5.91 Å². The highest BCUT2D eigenvalue weighted by atomic mass is 79.9. The number of alkyl halides is 1. The minimum absolute atomic E-state index is 0.0317. The minimum Gasteiger partial charge on any atom is -0.504 e. The van der Waals surface area contributed by atoms with Crippen molar-refractivity contribution >= 4 is 27.5 Å². The van der Waals surface area contributed by atoms with Gasteiger partial charge in [-0.2, -0.15) is 0 Å². The maximum absolute atomic E-state index is 12.0. The predicted molar refractivity (Wildman–Crippen MR) is 76.8 cm³/mol. The molecule has 0 radical (unpaired) electrons. The average molecular weight is 322 g/mol. The Balaban J connectivity index is 2.23. The molecule has 0 aliphatic carbocycles. The minimum atomic E-state index is -0.472. The van der Waals surface area contributed by atoms with Gasteiger partial charge < -0.3 is 15.5 Å². The van der Waals surface area contributed by atoms with Gasteiger partial charge in [-0.15, -0.1) is 0 Å². The Morgan fingerprint density at radius 1 is 1.16 bits per heavy atom. The number of para-hydroxylation sites is 1. The molecule has 0 bridgehead atoms. The summed E-state index contributed by atoms with van der Waals surface area (Å²) in [4.78, 5) is 12.0. The SMILES string of the molecule is O=C(Nc1cccc(CBr)c1)c1cccc(O)c1O. The Morgan fingerprint density at radius 3 is 2.63 bits per heavy atom. The van der Waals surface area contributed by atoms with Crippen LogP contribution in [0.5, 0.6) is 11.5 Å². The molecule has 1 amide bonds. The van der Waals surface area contributed by atoms with E-state index < -0.39 is 11.7 Å². The van der Waals surface area contributed by atoms with Crippen LogP contribution in [-0.2, 0) is 5.33 Å². The first-order valence-electron chi connectivity index (χ1n) is 5.59. The van der Waals surface area contributed by atoms with E-state index in [2.05, 4.69) is 21.2 Å². The lowest BCUT2D eigenvalue weighted by Gasteiger charge is -2.08. The second kappa shape index (κ2) is 5.75. The second-order valence-corrected chi connectivity index (χ2v) is 4.52. The summed E-state index contributed by atoms with van der Waals surface area (Å²) in [5.41, 5.74) is 1.69. The Labute approximate surface area is 118 Å². The summed E-state index contributed by atoms with van der Waals surface area (Å²) in [6.45, 7) is 0. The number of phenols is 2. The fourth-order valence-electron chi connectivity index (χ4n) is 1.65. The van der Waals surface area contributed by atoms with Gasteiger partial charge in [0, 0.05) is 11.0 Å². The number of amides is 1. The number of aromatic hydroxyl groups is 2. The molecule has 19 heavy (non-hydrogen) atoms. The van der Waals surface area contributed by atoms with Crippen LogP contribution in [0.25, 0.3) is 0 Å². The third kappa shape index (κ3) is 3.06. The van der Waals surface area contributed by atoms with Crippen molar-refractivity contribution in [1.82, 2.24) is 0 Å². The first-order valence-corrected chi connectivity index (χ1v) is 6.71. The molecule has 0 aliphatic rings. The number of benzene rings is 2. The van der Waals surface area contributed by atoms with Gasteiger partial charge in [-0.25, -0.2) is 0 Å². The molecule has 0 fully saturated rings. The van der Waals surface area contributed by atoms with Crippen LogP contribution < -0.4 is 5.32 Å². The number of nitrogens with one attached hydrogen (secondary N) is 1. The summed E-state index contributed by atoms with van der Waals surface area (Å²) in [6.07, 6.45) is 0. The number of hydrogen-bond acceptors (Lipinski definition) is 3. The fourth-order valence-corrected chi connectivity index (χ4v) is 1.99. The standard InChI is InChI=1S/C14H12BrNO3/c15-8-9-3-1-4-10(7-9)16-14(19)11-5-2-6-12(17)13(11)18/h1-7,17-18H,8H2,(H,16,19). The summed E-state index contributed by atoms with van der Waals surface area (Å²) < 4.78 is 0. The van der Waals surface area contributed by atoms with Gasteiger partial charge in [0.05, 0.1) is 5.56 Å². The Bertz CT molecular complexity index is 613. The van der Waals surface area contributed by atoms with Crippen LogP contribution >= 0.6 is 15.9 Å². The van der Waals surface area contributed by atoms with Crippen molar-refractivity contribution in [3.05, 3.63) is 53.6 Å². The molecule has 5 heteroatoms. The van der Waals surface area contributed by atoms with E-state index in [4.69, 9.17) is 0 Å². The summed E-state index contributed by atoms with van der Waals surface area (Å²) in [6, 6.07) is 11.6. The van der Waals surface area contributed by atoms with E-state index >= 15 is 0 Å². The lowest BCUT2D eigenvalue weighted by Crippen LogP contribution is -2.12. The predicted octanol–water partition coefficient (Wildman–Crippen LogP) is 3.25. The highest BCUT2D eigenvalue weighted by molar-refractivity contribution is 9.08. The van der Waals surface area contributed by atoms with E-state index in [-0.39, 0.29) is 11.3 Å².